The van der Waals surface area contributed by atoms with Crippen molar-refractivity contribution in [2.45, 2.75) is 20.0 Å². The van der Waals surface area contributed by atoms with Crippen molar-refractivity contribution in [1.82, 2.24) is 19.5 Å². The minimum absolute atomic E-state index is 0.123. The SMILES string of the molecule is Cc1cc(=O)n2nc(CN(C)Cc3ccc4ccccc4c3)sc2n1. The summed E-state index contributed by atoms with van der Waals surface area (Å²) >= 11 is 1.47. The van der Waals surface area contributed by atoms with Crippen LogP contribution >= 0.6 is 11.3 Å². The summed E-state index contributed by atoms with van der Waals surface area (Å²) in [6.45, 7) is 3.33. The summed E-state index contributed by atoms with van der Waals surface area (Å²) in [5.41, 5.74) is 1.86. The quantitative estimate of drug-likeness (QED) is 0.567. The van der Waals surface area contributed by atoms with E-state index in [1.807, 2.05) is 6.92 Å². The van der Waals surface area contributed by atoms with Gasteiger partial charge in [0.25, 0.3) is 5.56 Å². The molecule has 0 fully saturated rings. The molecule has 0 radical (unpaired) electrons. The van der Waals surface area contributed by atoms with E-state index in [1.165, 1.54) is 38.3 Å². The predicted octanol–water partition coefficient (Wildman–Crippen LogP) is 3.24. The molecule has 0 bridgehead atoms. The van der Waals surface area contributed by atoms with Gasteiger partial charge in [-0.2, -0.15) is 9.61 Å². The van der Waals surface area contributed by atoms with Gasteiger partial charge in [-0.1, -0.05) is 47.7 Å². The largest absolute Gasteiger partial charge is 0.295 e. The van der Waals surface area contributed by atoms with Gasteiger partial charge < -0.3 is 0 Å². The maximum Gasteiger partial charge on any atom is 0.275 e. The smallest absolute Gasteiger partial charge is 0.275 e. The molecule has 4 aromatic rings. The molecule has 2 heterocycles. The van der Waals surface area contributed by atoms with E-state index in [2.05, 4.69) is 64.5 Å². The minimum atomic E-state index is -0.123. The van der Waals surface area contributed by atoms with Crippen LogP contribution in [0.25, 0.3) is 15.7 Å². The van der Waals surface area contributed by atoms with E-state index in [-0.39, 0.29) is 5.56 Å². The van der Waals surface area contributed by atoms with Gasteiger partial charge in [-0.15, -0.1) is 0 Å². The van der Waals surface area contributed by atoms with E-state index in [0.717, 1.165) is 17.2 Å². The second kappa shape index (κ2) is 6.38. The Kier molecular flexibility index (Phi) is 4.07. The number of aryl methyl sites for hydroxylation is 1. The highest BCUT2D eigenvalue weighted by Crippen LogP contribution is 2.18. The van der Waals surface area contributed by atoms with Gasteiger partial charge in [0, 0.05) is 18.3 Å². The molecule has 0 atom stereocenters. The maximum absolute atomic E-state index is 12.0. The second-order valence-electron chi connectivity index (χ2n) is 6.28. The number of hydrogen-bond donors (Lipinski definition) is 0. The zero-order valence-corrected chi connectivity index (χ0v) is 15.0. The van der Waals surface area contributed by atoms with Crippen molar-refractivity contribution in [2.75, 3.05) is 7.05 Å². The maximum atomic E-state index is 12.0. The molecule has 0 N–H and O–H groups in total. The summed E-state index contributed by atoms with van der Waals surface area (Å²) in [4.78, 5) is 19.2. The summed E-state index contributed by atoms with van der Waals surface area (Å²) < 4.78 is 1.39. The first-order chi connectivity index (χ1) is 12.1. The first kappa shape index (κ1) is 15.9. The zero-order chi connectivity index (χ0) is 17.4. The third-order valence-electron chi connectivity index (χ3n) is 4.09. The van der Waals surface area contributed by atoms with Gasteiger partial charge in [0.05, 0.1) is 6.54 Å². The van der Waals surface area contributed by atoms with Gasteiger partial charge in [-0.25, -0.2) is 4.98 Å². The Hall–Kier alpha value is -2.57. The molecule has 0 spiro atoms. The summed E-state index contributed by atoms with van der Waals surface area (Å²) in [5.74, 6) is 0. The van der Waals surface area contributed by atoms with E-state index >= 15 is 0 Å². The van der Waals surface area contributed by atoms with Gasteiger partial charge >= 0.3 is 0 Å². The van der Waals surface area contributed by atoms with Crippen LogP contribution in [0.15, 0.2) is 53.3 Å². The Balaban J connectivity index is 1.54. The molecule has 5 nitrogen and oxygen atoms in total. The molecule has 0 aliphatic rings. The minimum Gasteiger partial charge on any atom is -0.295 e. The number of hydrogen-bond acceptors (Lipinski definition) is 5. The Morgan fingerprint density at radius 3 is 2.72 bits per heavy atom. The molecule has 6 heteroatoms. The van der Waals surface area contributed by atoms with Gasteiger partial charge in [0.1, 0.15) is 5.01 Å². The van der Waals surface area contributed by atoms with Gasteiger partial charge in [-0.3, -0.25) is 9.69 Å². The molecular formula is C19H18N4OS. The molecule has 0 aliphatic carbocycles. The lowest BCUT2D eigenvalue weighted by Gasteiger charge is -2.15. The summed E-state index contributed by atoms with van der Waals surface area (Å²) in [5, 5.41) is 7.79. The first-order valence-corrected chi connectivity index (χ1v) is 8.93. The van der Waals surface area contributed by atoms with Gasteiger partial charge in [0.2, 0.25) is 4.96 Å². The van der Waals surface area contributed by atoms with Gasteiger partial charge in [0.15, 0.2) is 0 Å². The molecule has 0 amide bonds. The normalized spacial score (nSPS) is 11.6. The van der Waals surface area contributed by atoms with Crippen molar-refractivity contribution in [3.8, 4) is 0 Å². The Labute approximate surface area is 149 Å². The fourth-order valence-corrected chi connectivity index (χ4v) is 3.98. The van der Waals surface area contributed by atoms with Crippen molar-refractivity contribution in [3.05, 3.63) is 75.1 Å². The van der Waals surface area contributed by atoms with Crippen molar-refractivity contribution in [1.29, 1.82) is 0 Å². The van der Waals surface area contributed by atoms with E-state index in [1.54, 1.807) is 0 Å². The topological polar surface area (TPSA) is 50.5 Å². The zero-order valence-electron chi connectivity index (χ0n) is 14.1. The fourth-order valence-electron chi connectivity index (χ4n) is 2.96. The van der Waals surface area contributed by atoms with Crippen molar-refractivity contribution >= 4 is 27.1 Å². The standard InChI is InChI=1S/C19H18N4OS/c1-13-9-18(24)23-19(20-13)25-17(21-23)12-22(2)11-14-7-8-15-5-3-4-6-16(15)10-14/h3-10H,11-12H2,1-2H3. The fraction of sp³-hybridized carbons (Fsp3) is 0.211. The molecule has 126 valence electrons. The lowest BCUT2D eigenvalue weighted by atomic mass is 10.1. The van der Waals surface area contributed by atoms with Crippen LogP contribution in [0.5, 0.6) is 0 Å². The number of benzene rings is 2. The van der Waals surface area contributed by atoms with Crippen molar-refractivity contribution in [3.63, 3.8) is 0 Å². The molecule has 0 saturated carbocycles. The van der Waals surface area contributed by atoms with Crippen LogP contribution in [-0.2, 0) is 13.1 Å². The van der Waals surface area contributed by atoms with Crippen LogP contribution in [0.2, 0.25) is 0 Å². The number of nitrogens with zero attached hydrogens (tertiary/aromatic N) is 4. The van der Waals surface area contributed by atoms with E-state index < -0.39 is 0 Å². The van der Waals surface area contributed by atoms with Crippen molar-refractivity contribution in [2.24, 2.45) is 0 Å². The third kappa shape index (κ3) is 3.31. The van der Waals surface area contributed by atoms with Gasteiger partial charge in [-0.05, 0) is 36.4 Å². The highest BCUT2D eigenvalue weighted by atomic mass is 32.1. The van der Waals surface area contributed by atoms with Crippen LogP contribution in [-0.4, -0.2) is 26.5 Å². The molecule has 0 unspecified atom stereocenters. The van der Waals surface area contributed by atoms with E-state index in [4.69, 9.17) is 0 Å². The Morgan fingerprint density at radius 1 is 1.08 bits per heavy atom. The lowest BCUT2D eigenvalue weighted by molar-refractivity contribution is 0.317. The molecule has 0 saturated heterocycles. The molecule has 2 aromatic carbocycles. The highest BCUT2D eigenvalue weighted by Gasteiger charge is 2.10. The third-order valence-corrected chi connectivity index (χ3v) is 4.98. The number of fused-ring (bicyclic) bond motifs is 2. The van der Waals surface area contributed by atoms with E-state index in [9.17, 15) is 4.79 Å². The Morgan fingerprint density at radius 2 is 1.88 bits per heavy atom. The van der Waals surface area contributed by atoms with Crippen LogP contribution in [0.4, 0.5) is 0 Å². The van der Waals surface area contributed by atoms with Crippen LogP contribution in [0.1, 0.15) is 16.3 Å². The number of aromatic nitrogens is 3. The molecule has 2 aromatic heterocycles. The van der Waals surface area contributed by atoms with Crippen LogP contribution < -0.4 is 5.56 Å². The van der Waals surface area contributed by atoms with E-state index in [0.29, 0.717) is 11.5 Å². The average Bonchev–Trinajstić information content (AvgIpc) is 2.97. The molecule has 4 rings (SSSR count). The molecular weight excluding hydrogens is 332 g/mol. The monoisotopic (exact) mass is 350 g/mol. The van der Waals surface area contributed by atoms with Crippen molar-refractivity contribution < 1.29 is 0 Å². The van der Waals surface area contributed by atoms with Crippen LogP contribution in [0, 0.1) is 6.92 Å². The molecule has 0 aliphatic heterocycles. The summed E-state index contributed by atoms with van der Waals surface area (Å²) in [7, 11) is 2.06. The number of rotatable bonds is 4. The second-order valence-corrected chi connectivity index (χ2v) is 7.32. The first-order valence-electron chi connectivity index (χ1n) is 8.11. The summed E-state index contributed by atoms with van der Waals surface area (Å²) in [6, 6.07) is 16.4. The highest BCUT2D eigenvalue weighted by molar-refractivity contribution is 7.16. The molecule has 25 heavy (non-hydrogen) atoms. The lowest BCUT2D eigenvalue weighted by Crippen LogP contribution is -2.18. The van der Waals surface area contributed by atoms with Crippen LogP contribution in [0.3, 0.4) is 0 Å². The average molecular weight is 350 g/mol. The Bertz CT molecular complexity index is 1120. The predicted molar refractivity (Wildman–Crippen MR) is 101 cm³/mol. The summed E-state index contributed by atoms with van der Waals surface area (Å²) in [6.07, 6.45) is 0.